The Kier molecular flexibility index (Phi) is 4.25. The van der Waals surface area contributed by atoms with Crippen LogP contribution in [-0.4, -0.2) is 24.6 Å². The highest BCUT2D eigenvalue weighted by molar-refractivity contribution is 7.88. The van der Waals surface area contributed by atoms with Crippen LogP contribution in [0.15, 0.2) is 24.5 Å². The average molecular weight is 298 g/mol. The van der Waals surface area contributed by atoms with Crippen LogP contribution in [0.2, 0.25) is 0 Å². The number of thiazole rings is 1. The van der Waals surface area contributed by atoms with Crippen LogP contribution in [0.1, 0.15) is 10.6 Å². The third-order valence-corrected chi connectivity index (χ3v) is 4.03. The van der Waals surface area contributed by atoms with Crippen LogP contribution >= 0.6 is 11.3 Å². The summed E-state index contributed by atoms with van der Waals surface area (Å²) < 4.78 is 21.9. The van der Waals surface area contributed by atoms with E-state index in [1.807, 2.05) is 19.1 Å². The highest BCUT2D eigenvalue weighted by Gasteiger charge is 2.09. The fraction of sp³-hybridized carbons (Fsp3) is 0.273. The van der Waals surface area contributed by atoms with E-state index in [1.165, 1.54) is 11.3 Å². The van der Waals surface area contributed by atoms with Crippen LogP contribution < -0.4 is 10.3 Å². The first-order valence-corrected chi connectivity index (χ1v) is 8.23. The Morgan fingerprint density at radius 1 is 1.42 bits per heavy atom. The van der Waals surface area contributed by atoms with Gasteiger partial charge in [-0.2, -0.15) is 4.83 Å². The van der Waals surface area contributed by atoms with Gasteiger partial charge in [0.15, 0.2) is 0 Å². The van der Waals surface area contributed by atoms with Gasteiger partial charge in [0.1, 0.15) is 5.01 Å². The topological polar surface area (TPSA) is 84.0 Å². The third kappa shape index (κ3) is 4.06. The average Bonchev–Trinajstić information content (AvgIpc) is 2.71. The van der Waals surface area contributed by atoms with Crippen molar-refractivity contribution in [2.75, 3.05) is 6.26 Å². The molecular formula is C11H14N4O2S2. The molecule has 0 spiro atoms. The van der Waals surface area contributed by atoms with Crippen molar-refractivity contribution < 1.29 is 8.42 Å². The van der Waals surface area contributed by atoms with Gasteiger partial charge in [-0.3, -0.25) is 4.98 Å². The van der Waals surface area contributed by atoms with Gasteiger partial charge < -0.3 is 0 Å². The van der Waals surface area contributed by atoms with E-state index in [2.05, 4.69) is 20.2 Å². The zero-order valence-electron chi connectivity index (χ0n) is 10.5. The first-order valence-electron chi connectivity index (χ1n) is 5.52. The van der Waals surface area contributed by atoms with Gasteiger partial charge in [-0.25, -0.2) is 18.8 Å². The number of pyridine rings is 1. The van der Waals surface area contributed by atoms with E-state index in [9.17, 15) is 8.42 Å². The molecule has 8 heteroatoms. The molecule has 0 unspecified atom stereocenters. The van der Waals surface area contributed by atoms with E-state index < -0.39 is 10.0 Å². The van der Waals surface area contributed by atoms with Gasteiger partial charge in [0.05, 0.1) is 11.9 Å². The SMILES string of the molecule is Cc1nc(-c2cccnc2)sc1CNNS(C)(=O)=O. The number of nitrogens with one attached hydrogen (secondary N) is 2. The summed E-state index contributed by atoms with van der Waals surface area (Å²) in [6.45, 7) is 2.30. The molecule has 2 N–H and O–H groups in total. The smallest absolute Gasteiger partial charge is 0.221 e. The summed E-state index contributed by atoms with van der Waals surface area (Å²) in [5.74, 6) is 0. The Labute approximate surface area is 115 Å². The fourth-order valence-electron chi connectivity index (χ4n) is 1.45. The maximum atomic E-state index is 10.9. The minimum atomic E-state index is -3.24. The number of nitrogens with zero attached hydrogens (tertiary/aromatic N) is 2. The molecular weight excluding hydrogens is 284 g/mol. The number of sulfonamides is 1. The van der Waals surface area contributed by atoms with E-state index in [0.29, 0.717) is 6.54 Å². The number of hydrogen-bond donors (Lipinski definition) is 2. The zero-order valence-corrected chi connectivity index (χ0v) is 12.2. The van der Waals surface area contributed by atoms with Crippen molar-refractivity contribution in [1.82, 2.24) is 20.2 Å². The summed E-state index contributed by atoms with van der Waals surface area (Å²) in [6, 6.07) is 3.80. The largest absolute Gasteiger partial charge is 0.264 e. The van der Waals surface area contributed by atoms with Crippen LogP contribution in [0.4, 0.5) is 0 Å². The fourth-order valence-corrected chi connectivity index (χ4v) is 2.78. The summed E-state index contributed by atoms with van der Waals surface area (Å²) in [6.07, 6.45) is 4.56. The Bertz CT molecular complexity index is 653. The maximum absolute atomic E-state index is 10.9. The molecule has 0 aromatic carbocycles. The monoisotopic (exact) mass is 298 g/mol. The minimum absolute atomic E-state index is 0.400. The number of hydrogen-bond acceptors (Lipinski definition) is 6. The molecule has 19 heavy (non-hydrogen) atoms. The van der Waals surface area contributed by atoms with Crippen LogP contribution in [0.25, 0.3) is 10.6 Å². The van der Waals surface area contributed by atoms with Crippen molar-refractivity contribution in [2.24, 2.45) is 0 Å². The molecule has 0 amide bonds. The second-order valence-electron chi connectivity index (χ2n) is 4.00. The van der Waals surface area contributed by atoms with Gasteiger partial charge in [-0.1, -0.05) is 0 Å². The van der Waals surface area contributed by atoms with Crippen LogP contribution in [0, 0.1) is 6.92 Å². The van der Waals surface area contributed by atoms with E-state index in [1.54, 1.807) is 12.4 Å². The summed E-state index contributed by atoms with van der Waals surface area (Å²) in [5.41, 5.74) is 4.50. The lowest BCUT2D eigenvalue weighted by atomic mass is 10.3. The maximum Gasteiger partial charge on any atom is 0.221 e. The van der Waals surface area contributed by atoms with Crippen molar-refractivity contribution in [2.45, 2.75) is 13.5 Å². The number of hydrazine groups is 1. The molecule has 0 bridgehead atoms. The van der Waals surface area contributed by atoms with Gasteiger partial charge in [0.2, 0.25) is 10.0 Å². The predicted octanol–water partition coefficient (Wildman–Crippen LogP) is 1.07. The van der Waals surface area contributed by atoms with Crippen molar-refractivity contribution >= 4 is 21.4 Å². The van der Waals surface area contributed by atoms with Gasteiger partial charge >= 0.3 is 0 Å². The van der Waals surface area contributed by atoms with Crippen molar-refractivity contribution in [3.05, 3.63) is 35.1 Å². The molecule has 6 nitrogen and oxygen atoms in total. The van der Waals surface area contributed by atoms with Crippen LogP contribution in [0.3, 0.4) is 0 Å². The molecule has 0 atom stereocenters. The van der Waals surface area contributed by atoms with Gasteiger partial charge in [0, 0.05) is 29.4 Å². The molecule has 2 aromatic heterocycles. The lowest BCUT2D eigenvalue weighted by Crippen LogP contribution is -2.35. The van der Waals surface area contributed by atoms with Gasteiger partial charge in [0.25, 0.3) is 0 Å². The molecule has 102 valence electrons. The molecule has 2 rings (SSSR count). The molecule has 0 aliphatic rings. The number of aryl methyl sites for hydroxylation is 1. The summed E-state index contributed by atoms with van der Waals surface area (Å²) in [5, 5.41) is 0.877. The minimum Gasteiger partial charge on any atom is -0.264 e. The summed E-state index contributed by atoms with van der Waals surface area (Å²) in [4.78, 5) is 11.7. The van der Waals surface area contributed by atoms with Crippen molar-refractivity contribution in [3.63, 3.8) is 0 Å². The highest BCUT2D eigenvalue weighted by Crippen LogP contribution is 2.26. The van der Waals surface area contributed by atoms with Crippen LogP contribution in [-0.2, 0) is 16.6 Å². The first-order chi connectivity index (χ1) is 8.96. The van der Waals surface area contributed by atoms with E-state index in [-0.39, 0.29) is 0 Å². The van der Waals surface area contributed by atoms with Crippen molar-refractivity contribution in [3.8, 4) is 10.6 Å². The second kappa shape index (κ2) is 5.74. The standard InChI is InChI=1S/C11H14N4O2S2/c1-8-10(7-13-15-19(2,16)17)18-11(14-8)9-4-3-5-12-6-9/h3-6,13,15H,7H2,1-2H3. The molecule has 0 radical (unpaired) electrons. The molecule has 0 aliphatic heterocycles. The van der Waals surface area contributed by atoms with E-state index in [0.717, 1.165) is 27.4 Å². The summed E-state index contributed by atoms with van der Waals surface area (Å²) in [7, 11) is -3.24. The Hall–Kier alpha value is -1.35. The number of aromatic nitrogens is 2. The number of rotatable bonds is 5. The van der Waals surface area contributed by atoms with E-state index in [4.69, 9.17) is 0 Å². The zero-order chi connectivity index (χ0) is 13.9. The Morgan fingerprint density at radius 3 is 2.84 bits per heavy atom. The van der Waals surface area contributed by atoms with Gasteiger partial charge in [-0.05, 0) is 19.1 Å². The first kappa shape index (κ1) is 14.1. The molecule has 0 fully saturated rings. The van der Waals surface area contributed by atoms with Crippen LogP contribution in [0.5, 0.6) is 0 Å². The Balaban J connectivity index is 2.09. The van der Waals surface area contributed by atoms with Gasteiger partial charge in [-0.15, -0.1) is 11.3 Å². The Morgan fingerprint density at radius 2 is 2.21 bits per heavy atom. The predicted molar refractivity (Wildman–Crippen MR) is 74.9 cm³/mol. The molecule has 2 aromatic rings. The third-order valence-electron chi connectivity index (χ3n) is 2.31. The molecule has 0 saturated carbocycles. The lowest BCUT2D eigenvalue weighted by molar-refractivity contribution is 0.561. The second-order valence-corrected chi connectivity index (χ2v) is 6.83. The normalized spacial score (nSPS) is 11.7. The molecule has 0 saturated heterocycles. The van der Waals surface area contributed by atoms with E-state index >= 15 is 0 Å². The molecule has 0 aliphatic carbocycles. The highest BCUT2D eigenvalue weighted by atomic mass is 32.2. The summed E-state index contributed by atoms with van der Waals surface area (Å²) >= 11 is 1.51. The lowest BCUT2D eigenvalue weighted by Gasteiger charge is -2.02. The molecule has 2 heterocycles. The van der Waals surface area contributed by atoms with Crippen molar-refractivity contribution in [1.29, 1.82) is 0 Å². The quantitative estimate of drug-likeness (QED) is 0.807.